The minimum Gasteiger partial charge on any atom is -0.299 e. The van der Waals surface area contributed by atoms with E-state index in [0.717, 1.165) is 15.6 Å². The highest BCUT2D eigenvalue weighted by Gasteiger charge is 2.64. The fraction of sp³-hybridized carbons (Fsp3) is 0.133. The molecule has 3 atom stereocenters. The molecule has 1 saturated heterocycles. The molecule has 3 unspecified atom stereocenters. The number of rotatable bonds is 3. The van der Waals surface area contributed by atoms with Gasteiger partial charge in [0.05, 0.1) is 17.4 Å². The summed E-state index contributed by atoms with van der Waals surface area (Å²) in [5.41, 5.74) is 3.06. The van der Waals surface area contributed by atoms with Crippen LogP contribution in [0.15, 0.2) is 114 Å². The van der Waals surface area contributed by atoms with Crippen LogP contribution in [-0.2, 0) is 10.3 Å². The molecule has 4 nitrogen and oxygen atoms in total. The number of hydrogen-bond donors (Lipinski definition) is 0. The Morgan fingerprint density at radius 2 is 1.47 bits per heavy atom. The third-order valence-electron chi connectivity index (χ3n) is 7.20. The normalized spacial score (nSPS) is 22.8. The number of para-hydroxylation sites is 2. The fourth-order valence-corrected chi connectivity index (χ4v) is 6.40. The van der Waals surface area contributed by atoms with E-state index in [1.54, 1.807) is 4.90 Å². The van der Waals surface area contributed by atoms with Gasteiger partial charge in [-0.1, -0.05) is 88.7 Å². The first-order chi connectivity index (χ1) is 17.5. The Labute approximate surface area is 223 Å². The van der Waals surface area contributed by atoms with Gasteiger partial charge in [-0.25, -0.2) is 0 Å². The van der Waals surface area contributed by atoms with Crippen LogP contribution in [0.1, 0.15) is 33.9 Å². The highest BCUT2D eigenvalue weighted by Crippen LogP contribution is 2.58. The number of halogens is 2. The molecule has 4 aromatic carbocycles. The molecule has 36 heavy (non-hydrogen) atoms. The van der Waals surface area contributed by atoms with Gasteiger partial charge in [-0.15, -0.1) is 11.6 Å². The van der Waals surface area contributed by atoms with Crippen LogP contribution >= 0.6 is 27.5 Å². The van der Waals surface area contributed by atoms with Gasteiger partial charge in [0.2, 0.25) is 5.91 Å². The molecule has 2 amide bonds. The summed E-state index contributed by atoms with van der Waals surface area (Å²) in [7, 11) is 0. The lowest BCUT2D eigenvalue weighted by molar-refractivity contribution is -0.127. The molecule has 0 N–H and O–H groups in total. The van der Waals surface area contributed by atoms with Crippen molar-refractivity contribution in [2.45, 2.75) is 23.4 Å². The van der Waals surface area contributed by atoms with Crippen molar-refractivity contribution >= 4 is 50.7 Å². The van der Waals surface area contributed by atoms with Crippen LogP contribution in [0.5, 0.6) is 0 Å². The van der Waals surface area contributed by atoms with Gasteiger partial charge in [0, 0.05) is 16.5 Å². The number of carbonyl (C=O) groups excluding carboxylic acids is 2. The van der Waals surface area contributed by atoms with Crippen LogP contribution in [0.4, 0.5) is 11.4 Å². The van der Waals surface area contributed by atoms with E-state index in [2.05, 4.69) is 15.9 Å². The number of benzene rings is 4. The molecule has 0 saturated carbocycles. The van der Waals surface area contributed by atoms with E-state index in [-0.39, 0.29) is 17.9 Å². The summed E-state index contributed by atoms with van der Waals surface area (Å²) in [5, 5.41) is -0.755. The molecule has 0 aliphatic carbocycles. The second kappa shape index (κ2) is 8.91. The molecule has 178 valence electrons. The predicted octanol–water partition coefficient (Wildman–Crippen LogP) is 7.09. The summed E-state index contributed by atoms with van der Waals surface area (Å²) < 4.78 is 0.919. The minimum absolute atomic E-state index is 0.127. The monoisotopic (exact) mass is 556 g/mol. The summed E-state index contributed by atoms with van der Waals surface area (Å²) >= 11 is 10.5. The zero-order valence-corrected chi connectivity index (χ0v) is 21.6. The predicted molar refractivity (Wildman–Crippen MR) is 146 cm³/mol. The maximum atomic E-state index is 14.2. The Balaban J connectivity index is 1.64. The summed E-state index contributed by atoms with van der Waals surface area (Å²) in [6.45, 7) is 0. The molecule has 4 aromatic rings. The molecule has 1 fully saturated rings. The third-order valence-corrected chi connectivity index (χ3v) is 8.24. The average Bonchev–Trinajstić information content (AvgIpc) is 3.05. The molecule has 2 aliphatic rings. The quantitative estimate of drug-likeness (QED) is 0.199. The summed E-state index contributed by atoms with van der Waals surface area (Å²) in [5.74, 6) is -0.285. The average molecular weight is 558 g/mol. The maximum absolute atomic E-state index is 14.2. The van der Waals surface area contributed by atoms with Crippen molar-refractivity contribution in [2.75, 3.05) is 9.80 Å². The Morgan fingerprint density at radius 1 is 0.833 bits per heavy atom. The van der Waals surface area contributed by atoms with Gasteiger partial charge >= 0.3 is 0 Å². The van der Waals surface area contributed by atoms with Crippen molar-refractivity contribution in [3.8, 4) is 0 Å². The van der Waals surface area contributed by atoms with E-state index in [1.165, 1.54) is 0 Å². The number of anilines is 2. The van der Waals surface area contributed by atoms with Crippen LogP contribution in [0.2, 0.25) is 0 Å². The van der Waals surface area contributed by atoms with E-state index in [1.807, 2.05) is 114 Å². The number of alkyl halides is 1. The van der Waals surface area contributed by atoms with Crippen molar-refractivity contribution in [1.29, 1.82) is 0 Å². The van der Waals surface area contributed by atoms with Crippen LogP contribution in [0, 0.1) is 0 Å². The molecule has 2 heterocycles. The smallest absolute Gasteiger partial charge is 0.258 e. The van der Waals surface area contributed by atoms with E-state index in [9.17, 15) is 9.59 Å². The Bertz CT molecular complexity index is 1460. The molecule has 0 bridgehead atoms. The molecule has 0 aromatic heterocycles. The Kier molecular flexibility index (Phi) is 5.70. The second-order valence-corrected chi connectivity index (χ2v) is 10.5. The van der Waals surface area contributed by atoms with E-state index >= 15 is 0 Å². The van der Waals surface area contributed by atoms with Crippen molar-refractivity contribution < 1.29 is 9.59 Å². The van der Waals surface area contributed by atoms with Gasteiger partial charge < -0.3 is 0 Å². The van der Waals surface area contributed by atoms with Gasteiger partial charge in [0.15, 0.2) is 0 Å². The Morgan fingerprint density at radius 3 is 2.17 bits per heavy atom. The van der Waals surface area contributed by atoms with Crippen molar-refractivity contribution in [3.63, 3.8) is 0 Å². The fourth-order valence-electron chi connectivity index (χ4n) is 5.57. The zero-order valence-electron chi connectivity index (χ0n) is 19.2. The number of fused-ring (bicyclic) bond motifs is 3. The molecular formula is C30H22BrClN2O2. The molecule has 0 spiro atoms. The third kappa shape index (κ3) is 3.41. The lowest BCUT2D eigenvalue weighted by Gasteiger charge is -2.55. The first-order valence-corrected chi connectivity index (χ1v) is 13.0. The first kappa shape index (κ1) is 23.0. The number of nitrogens with zero attached hydrogens (tertiary/aromatic N) is 2. The highest BCUT2D eigenvalue weighted by atomic mass is 79.9. The number of β-lactam (4-membered cyclic amide) rings is 1. The Hall–Kier alpha value is -3.41. The van der Waals surface area contributed by atoms with Crippen LogP contribution in [0.3, 0.4) is 0 Å². The van der Waals surface area contributed by atoms with Gasteiger partial charge in [-0.2, -0.15) is 0 Å². The van der Waals surface area contributed by atoms with E-state index in [4.69, 9.17) is 11.6 Å². The largest absolute Gasteiger partial charge is 0.299 e. The minimum atomic E-state index is -0.811. The van der Waals surface area contributed by atoms with Gasteiger partial charge in [0.25, 0.3) is 5.91 Å². The molecule has 6 heteroatoms. The van der Waals surface area contributed by atoms with E-state index < -0.39 is 10.9 Å². The van der Waals surface area contributed by atoms with Crippen molar-refractivity contribution in [2.24, 2.45) is 0 Å². The highest BCUT2D eigenvalue weighted by molar-refractivity contribution is 9.10. The molecule has 6 rings (SSSR count). The van der Waals surface area contributed by atoms with Crippen LogP contribution in [-0.4, -0.2) is 17.2 Å². The van der Waals surface area contributed by atoms with Crippen molar-refractivity contribution in [1.82, 2.24) is 0 Å². The second-order valence-electron chi connectivity index (χ2n) is 9.13. The number of amides is 2. The van der Waals surface area contributed by atoms with Crippen LogP contribution < -0.4 is 9.80 Å². The maximum Gasteiger partial charge on any atom is 0.258 e. The summed E-state index contributed by atoms with van der Waals surface area (Å²) in [6, 6.07) is 34.4. The van der Waals surface area contributed by atoms with Crippen LogP contribution in [0.25, 0.3) is 0 Å². The molecule has 0 radical (unpaired) electrons. The number of hydrogen-bond acceptors (Lipinski definition) is 2. The topological polar surface area (TPSA) is 40.6 Å². The van der Waals surface area contributed by atoms with Gasteiger partial charge in [-0.05, 0) is 47.5 Å². The summed E-state index contributed by atoms with van der Waals surface area (Å²) in [6.07, 6.45) is 0.445. The van der Waals surface area contributed by atoms with E-state index in [0.29, 0.717) is 23.4 Å². The first-order valence-electron chi connectivity index (χ1n) is 11.8. The molecule has 2 aliphatic heterocycles. The summed E-state index contributed by atoms with van der Waals surface area (Å²) in [4.78, 5) is 31.3. The number of carbonyl (C=O) groups is 2. The lowest BCUT2D eigenvalue weighted by atomic mass is 9.72. The van der Waals surface area contributed by atoms with Crippen molar-refractivity contribution in [3.05, 3.63) is 130 Å². The zero-order chi connectivity index (χ0) is 24.9. The molecular weight excluding hydrogens is 536 g/mol. The standard InChI is InChI=1S/C30H22BrClN2O2/c31-23-15-9-12-21(18-23)26-19-30(22-13-5-2-6-14-22)27(32)29(36)34(30)25-17-8-7-16-24(25)33(26)28(35)20-10-3-1-4-11-20/h1-18,26-27H,19H2. The lowest BCUT2D eigenvalue weighted by Crippen LogP contribution is -2.70. The van der Waals surface area contributed by atoms with Gasteiger partial charge in [0.1, 0.15) is 10.9 Å². The SMILES string of the molecule is O=C(c1ccccc1)N1c2ccccc2N2C(=O)C(Cl)C2(c2ccccc2)CC1c1cccc(Br)c1. The van der Waals surface area contributed by atoms with Gasteiger partial charge in [-0.3, -0.25) is 19.4 Å².